The molecule has 3 atom stereocenters. The normalized spacial score (nSPS) is 21.1. The second kappa shape index (κ2) is 6.42. The fraction of sp³-hybridized carbons (Fsp3) is 0.412. The van der Waals surface area contributed by atoms with E-state index in [1.807, 2.05) is 31.2 Å². The third-order valence-corrected chi connectivity index (χ3v) is 4.16. The van der Waals surface area contributed by atoms with Crippen molar-refractivity contribution < 1.29 is 19.4 Å². The van der Waals surface area contributed by atoms with Gasteiger partial charge in [0.05, 0.1) is 12.0 Å². The first-order valence-electron chi connectivity index (χ1n) is 7.80. The van der Waals surface area contributed by atoms with E-state index < -0.39 is 12.0 Å². The van der Waals surface area contributed by atoms with Gasteiger partial charge in [-0.05, 0) is 25.0 Å². The van der Waals surface area contributed by atoms with Crippen molar-refractivity contribution in [2.24, 2.45) is 5.92 Å². The van der Waals surface area contributed by atoms with Crippen molar-refractivity contribution in [1.29, 1.82) is 0 Å². The number of para-hydroxylation sites is 1. The van der Waals surface area contributed by atoms with E-state index in [-0.39, 0.29) is 24.3 Å². The van der Waals surface area contributed by atoms with Gasteiger partial charge in [-0.1, -0.05) is 18.2 Å². The first-order valence-corrected chi connectivity index (χ1v) is 7.80. The minimum Gasteiger partial charge on any atom is -0.480 e. The summed E-state index contributed by atoms with van der Waals surface area (Å²) in [4.78, 5) is 26.7. The predicted octanol–water partition coefficient (Wildman–Crippen LogP) is 1.70. The number of aromatic nitrogens is 1. The van der Waals surface area contributed by atoms with E-state index >= 15 is 0 Å². The predicted molar refractivity (Wildman–Crippen MR) is 85.1 cm³/mol. The molecule has 0 aliphatic heterocycles. The molecule has 1 aliphatic rings. The van der Waals surface area contributed by atoms with Crippen molar-refractivity contribution in [1.82, 2.24) is 10.3 Å². The van der Waals surface area contributed by atoms with Crippen LogP contribution in [0, 0.1) is 5.92 Å². The maximum atomic E-state index is 12.1. The summed E-state index contributed by atoms with van der Waals surface area (Å²) in [6.45, 7) is 2.44. The summed E-state index contributed by atoms with van der Waals surface area (Å²) in [6, 6.07) is 6.76. The summed E-state index contributed by atoms with van der Waals surface area (Å²) in [5.74, 6) is -1.49. The van der Waals surface area contributed by atoms with Crippen molar-refractivity contribution >= 4 is 22.8 Å². The Hall–Kier alpha value is -2.34. The van der Waals surface area contributed by atoms with Crippen LogP contribution in [0.4, 0.5) is 0 Å². The molecule has 1 aromatic carbocycles. The number of carbonyl (C=O) groups excluding carboxylic acids is 1. The number of carboxylic acid groups (broad SMARTS) is 1. The Labute approximate surface area is 133 Å². The summed E-state index contributed by atoms with van der Waals surface area (Å²) < 4.78 is 5.38. The molecule has 0 unspecified atom stereocenters. The maximum Gasteiger partial charge on any atom is 0.326 e. The lowest BCUT2D eigenvalue weighted by Gasteiger charge is -2.14. The lowest BCUT2D eigenvalue weighted by atomic mass is 10.0. The number of benzene rings is 1. The Morgan fingerprint density at radius 3 is 2.96 bits per heavy atom. The topological polar surface area (TPSA) is 91.4 Å². The highest BCUT2D eigenvalue weighted by molar-refractivity contribution is 5.88. The van der Waals surface area contributed by atoms with E-state index in [0.29, 0.717) is 13.0 Å². The van der Waals surface area contributed by atoms with Crippen LogP contribution in [-0.4, -0.2) is 40.7 Å². The number of hydrogen-bond acceptors (Lipinski definition) is 3. The van der Waals surface area contributed by atoms with Crippen molar-refractivity contribution in [3.8, 4) is 0 Å². The van der Waals surface area contributed by atoms with Gasteiger partial charge in [0.15, 0.2) is 0 Å². The van der Waals surface area contributed by atoms with Crippen LogP contribution in [0.3, 0.4) is 0 Å². The first kappa shape index (κ1) is 15.6. The number of nitrogens with one attached hydrogen (secondary N) is 2. The highest BCUT2D eigenvalue weighted by Gasteiger charge is 2.44. The molecule has 1 aromatic heterocycles. The number of amides is 1. The van der Waals surface area contributed by atoms with Crippen LogP contribution in [0.5, 0.6) is 0 Å². The molecule has 6 heteroatoms. The van der Waals surface area contributed by atoms with Gasteiger partial charge in [-0.15, -0.1) is 0 Å². The molecule has 1 fully saturated rings. The van der Waals surface area contributed by atoms with Crippen LogP contribution in [0.25, 0.3) is 10.9 Å². The van der Waals surface area contributed by atoms with Gasteiger partial charge in [0, 0.05) is 30.1 Å². The zero-order valence-electron chi connectivity index (χ0n) is 12.9. The van der Waals surface area contributed by atoms with Gasteiger partial charge >= 0.3 is 5.97 Å². The van der Waals surface area contributed by atoms with Crippen LogP contribution in [-0.2, 0) is 20.7 Å². The van der Waals surface area contributed by atoms with Crippen LogP contribution >= 0.6 is 0 Å². The molecular formula is C17H20N2O4. The largest absolute Gasteiger partial charge is 0.480 e. The number of H-pyrrole nitrogens is 1. The number of aromatic amines is 1. The first-order chi connectivity index (χ1) is 11.1. The molecule has 0 spiro atoms. The van der Waals surface area contributed by atoms with Gasteiger partial charge in [0.2, 0.25) is 5.91 Å². The van der Waals surface area contributed by atoms with Crippen LogP contribution in [0.15, 0.2) is 30.5 Å². The summed E-state index contributed by atoms with van der Waals surface area (Å²) in [7, 11) is 0. The Bertz CT molecular complexity index is 724. The fourth-order valence-corrected chi connectivity index (χ4v) is 2.85. The standard InChI is InChI=1S/C17H20N2O4/c1-2-23-15-8-12(15)16(20)19-14(17(21)22)7-10-9-18-13-6-4-3-5-11(10)13/h3-6,9,12,14-15,18H,2,7-8H2,1H3,(H,19,20)(H,21,22)/t12-,14-,15+/m0/s1. The number of carboxylic acids is 1. The van der Waals surface area contributed by atoms with Gasteiger partial charge in [0.25, 0.3) is 0 Å². The average molecular weight is 316 g/mol. The molecule has 1 heterocycles. The molecule has 0 bridgehead atoms. The number of fused-ring (bicyclic) bond motifs is 1. The molecule has 0 saturated heterocycles. The third kappa shape index (κ3) is 3.37. The highest BCUT2D eigenvalue weighted by Crippen LogP contribution is 2.34. The van der Waals surface area contributed by atoms with Gasteiger partial charge in [-0.25, -0.2) is 4.79 Å². The smallest absolute Gasteiger partial charge is 0.326 e. The second-order valence-electron chi connectivity index (χ2n) is 5.80. The molecule has 6 nitrogen and oxygen atoms in total. The van der Waals surface area contributed by atoms with Crippen molar-refractivity contribution in [3.63, 3.8) is 0 Å². The fourth-order valence-electron chi connectivity index (χ4n) is 2.85. The Morgan fingerprint density at radius 1 is 1.43 bits per heavy atom. The molecule has 122 valence electrons. The van der Waals surface area contributed by atoms with E-state index in [0.717, 1.165) is 16.5 Å². The van der Waals surface area contributed by atoms with Crippen LogP contribution in [0.2, 0.25) is 0 Å². The summed E-state index contributed by atoms with van der Waals surface area (Å²) >= 11 is 0. The van der Waals surface area contributed by atoms with Crippen molar-refractivity contribution in [2.75, 3.05) is 6.61 Å². The molecular weight excluding hydrogens is 296 g/mol. The number of ether oxygens (including phenoxy) is 1. The van der Waals surface area contributed by atoms with E-state index in [2.05, 4.69) is 10.3 Å². The summed E-state index contributed by atoms with van der Waals surface area (Å²) in [5, 5.41) is 13.0. The van der Waals surface area contributed by atoms with E-state index in [4.69, 9.17) is 4.74 Å². The minimum absolute atomic E-state index is 0.0671. The Kier molecular flexibility index (Phi) is 4.34. The molecule has 1 aliphatic carbocycles. The van der Waals surface area contributed by atoms with Crippen LogP contribution < -0.4 is 5.32 Å². The van der Waals surface area contributed by atoms with Gasteiger partial charge in [-0.3, -0.25) is 4.79 Å². The number of hydrogen-bond donors (Lipinski definition) is 3. The van der Waals surface area contributed by atoms with E-state index in [1.165, 1.54) is 0 Å². The van der Waals surface area contributed by atoms with Crippen molar-refractivity contribution in [2.45, 2.75) is 31.9 Å². The number of rotatable bonds is 7. The molecule has 1 amide bonds. The SMILES string of the molecule is CCO[C@@H]1C[C@@H]1C(=O)N[C@@H](Cc1c[nH]c2ccccc12)C(=O)O. The zero-order valence-corrected chi connectivity index (χ0v) is 12.9. The van der Waals surface area contributed by atoms with E-state index in [1.54, 1.807) is 6.20 Å². The lowest BCUT2D eigenvalue weighted by molar-refractivity contribution is -0.142. The molecule has 3 N–H and O–H groups in total. The number of carbonyl (C=O) groups is 2. The molecule has 2 aromatic rings. The zero-order chi connectivity index (χ0) is 16.4. The molecule has 1 saturated carbocycles. The lowest BCUT2D eigenvalue weighted by Crippen LogP contribution is -2.43. The van der Waals surface area contributed by atoms with Gasteiger partial charge in [0.1, 0.15) is 6.04 Å². The monoisotopic (exact) mass is 316 g/mol. The number of aliphatic carboxylic acids is 1. The third-order valence-electron chi connectivity index (χ3n) is 4.16. The Balaban J connectivity index is 1.68. The quantitative estimate of drug-likeness (QED) is 0.725. The van der Waals surface area contributed by atoms with E-state index in [9.17, 15) is 14.7 Å². The summed E-state index contributed by atoms with van der Waals surface area (Å²) in [6.07, 6.45) is 2.64. The van der Waals surface area contributed by atoms with Gasteiger partial charge in [-0.2, -0.15) is 0 Å². The molecule has 23 heavy (non-hydrogen) atoms. The van der Waals surface area contributed by atoms with Crippen molar-refractivity contribution in [3.05, 3.63) is 36.0 Å². The van der Waals surface area contributed by atoms with Gasteiger partial charge < -0.3 is 20.1 Å². The second-order valence-corrected chi connectivity index (χ2v) is 5.80. The maximum absolute atomic E-state index is 12.1. The molecule has 0 radical (unpaired) electrons. The minimum atomic E-state index is -1.03. The average Bonchev–Trinajstić information content (AvgIpc) is 3.19. The Morgan fingerprint density at radius 2 is 2.22 bits per heavy atom. The molecule has 3 rings (SSSR count). The highest BCUT2D eigenvalue weighted by atomic mass is 16.5. The van der Waals surface area contributed by atoms with Crippen LogP contribution in [0.1, 0.15) is 18.9 Å². The summed E-state index contributed by atoms with van der Waals surface area (Å²) in [5.41, 5.74) is 1.84.